The van der Waals surface area contributed by atoms with Gasteiger partial charge in [0, 0.05) is 10.5 Å². The first kappa shape index (κ1) is 13.2. The van der Waals surface area contributed by atoms with Crippen LogP contribution in [-0.4, -0.2) is 26.2 Å². The lowest BCUT2D eigenvalue weighted by atomic mass is 10.2. The van der Waals surface area contributed by atoms with Gasteiger partial charge in [-0.1, -0.05) is 29.8 Å². The molecule has 2 aromatic rings. The van der Waals surface area contributed by atoms with E-state index in [1.54, 1.807) is 4.68 Å². The van der Waals surface area contributed by atoms with Gasteiger partial charge in [-0.25, -0.2) is 0 Å². The van der Waals surface area contributed by atoms with E-state index in [0.717, 1.165) is 21.5 Å². The first-order valence-electron chi connectivity index (χ1n) is 5.84. The maximum Gasteiger partial charge on any atom is 0.170 e. The van der Waals surface area contributed by atoms with E-state index in [9.17, 15) is 0 Å². The van der Waals surface area contributed by atoms with Crippen LogP contribution in [0.15, 0.2) is 22.7 Å². The fourth-order valence-electron chi connectivity index (χ4n) is 1.65. The van der Waals surface area contributed by atoms with E-state index in [-0.39, 0.29) is 0 Å². The molecular weight excluding hydrogens is 294 g/mol. The molecule has 0 atom stereocenters. The maximum atomic E-state index is 4.05. The molecule has 0 aliphatic carbocycles. The highest BCUT2D eigenvalue weighted by atomic mass is 79.9. The van der Waals surface area contributed by atoms with Crippen LogP contribution in [0.3, 0.4) is 0 Å². The van der Waals surface area contributed by atoms with Gasteiger partial charge in [-0.05, 0) is 41.1 Å². The number of halogens is 1. The number of nitrogens with zero attached hydrogens (tertiary/aromatic N) is 4. The number of aryl methyl sites for hydroxylation is 1. The monoisotopic (exact) mass is 309 g/mol. The van der Waals surface area contributed by atoms with Gasteiger partial charge in [-0.2, -0.15) is 4.68 Å². The molecule has 6 heteroatoms. The molecule has 18 heavy (non-hydrogen) atoms. The zero-order valence-electron chi connectivity index (χ0n) is 10.7. The molecule has 0 saturated heterocycles. The number of rotatable bonds is 4. The largest absolute Gasteiger partial charge is 0.308 e. The van der Waals surface area contributed by atoms with Gasteiger partial charge in [0.05, 0.1) is 12.2 Å². The second-order valence-electron chi connectivity index (χ2n) is 4.53. The lowest BCUT2D eigenvalue weighted by Gasteiger charge is -2.09. The normalized spacial score (nSPS) is 11.2. The minimum absolute atomic E-state index is 0.402. The average molecular weight is 310 g/mol. The number of hydrogen-bond acceptors (Lipinski definition) is 4. The number of nitrogens with one attached hydrogen (secondary N) is 1. The van der Waals surface area contributed by atoms with Crippen LogP contribution in [0.25, 0.3) is 5.69 Å². The predicted molar refractivity (Wildman–Crippen MR) is 73.6 cm³/mol. The Kier molecular flexibility index (Phi) is 4.08. The predicted octanol–water partition coefficient (Wildman–Crippen LogP) is 2.23. The number of aromatic nitrogens is 4. The molecule has 0 spiro atoms. The number of benzene rings is 1. The molecule has 1 N–H and O–H groups in total. The first-order valence-corrected chi connectivity index (χ1v) is 6.64. The first-order chi connectivity index (χ1) is 8.56. The van der Waals surface area contributed by atoms with Crippen molar-refractivity contribution in [3.63, 3.8) is 0 Å². The Morgan fingerprint density at radius 1 is 1.33 bits per heavy atom. The molecule has 0 fully saturated rings. The Labute approximate surface area is 115 Å². The molecule has 0 amide bonds. The standard InChI is InChI=1S/C12H16BrN5/c1-8(2)14-7-12-15-16-17-18(12)11-5-9(3)4-10(13)6-11/h4-6,8,14H,7H2,1-3H3. The van der Waals surface area contributed by atoms with Crippen molar-refractivity contribution in [1.82, 2.24) is 25.5 Å². The van der Waals surface area contributed by atoms with Crippen LogP contribution in [0.1, 0.15) is 25.2 Å². The van der Waals surface area contributed by atoms with E-state index in [0.29, 0.717) is 12.6 Å². The topological polar surface area (TPSA) is 55.6 Å². The zero-order valence-corrected chi connectivity index (χ0v) is 12.3. The van der Waals surface area contributed by atoms with Crippen molar-refractivity contribution < 1.29 is 0 Å². The minimum Gasteiger partial charge on any atom is -0.308 e. The Morgan fingerprint density at radius 2 is 2.11 bits per heavy atom. The van der Waals surface area contributed by atoms with Crippen molar-refractivity contribution >= 4 is 15.9 Å². The fourth-order valence-corrected chi connectivity index (χ4v) is 2.25. The van der Waals surface area contributed by atoms with Crippen LogP contribution in [-0.2, 0) is 6.54 Å². The third kappa shape index (κ3) is 3.14. The summed E-state index contributed by atoms with van der Waals surface area (Å²) in [6, 6.07) is 6.52. The van der Waals surface area contributed by atoms with Crippen LogP contribution in [0, 0.1) is 6.92 Å². The van der Waals surface area contributed by atoms with E-state index in [1.165, 1.54) is 0 Å². The van der Waals surface area contributed by atoms with Crippen molar-refractivity contribution in [2.45, 2.75) is 33.4 Å². The van der Waals surface area contributed by atoms with Crippen LogP contribution >= 0.6 is 15.9 Å². The third-order valence-electron chi connectivity index (χ3n) is 2.47. The summed E-state index contributed by atoms with van der Waals surface area (Å²) in [5.41, 5.74) is 2.13. The summed E-state index contributed by atoms with van der Waals surface area (Å²) in [4.78, 5) is 0. The van der Waals surface area contributed by atoms with Crippen molar-refractivity contribution in [2.75, 3.05) is 0 Å². The molecule has 0 saturated carbocycles. The number of tetrazole rings is 1. The molecule has 5 nitrogen and oxygen atoms in total. The van der Waals surface area contributed by atoms with Gasteiger partial charge in [0.25, 0.3) is 0 Å². The van der Waals surface area contributed by atoms with Gasteiger partial charge < -0.3 is 5.32 Å². The summed E-state index contributed by atoms with van der Waals surface area (Å²) in [7, 11) is 0. The Bertz CT molecular complexity index is 515. The molecular formula is C12H16BrN5. The molecule has 2 rings (SSSR count). The second kappa shape index (κ2) is 5.58. The Morgan fingerprint density at radius 3 is 2.78 bits per heavy atom. The van der Waals surface area contributed by atoms with Gasteiger partial charge in [-0.3, -0.25) is 0 Å². The molecule has 0 radical (unpaired) electrons. The average Bonchev–Trinajstić information content (AvgIpc) is 2.72. The highest BCUT2D eigenvalue weighted by molar-refractivity contribution is 9.10. The van der Waals surface area contributed by atoms with Crippen molar-refractivity contribution in [1.29, 1.82) is 0 Å². The molecule has 96 valence electrons. The van der Waals surface area contributed by atoms with Crippen LogP contribution in [0.5, 0.6) is 0 Å². The van der Waals surface area contributed by atoms with Gasteiger partial charge in [0.2, 0.25) is 0 Å². The third-order valence-corrected chi connectivity index (χ3v) is 2.93. The van der Waals surface area contributed by atoms with Crippen LogP contribution in [0.4, 0.5) is 0 Å². The van der Waals surface area contributed by atoms with Gasteiger partial charge in [0.15, 0.2) is 5.82 Å². The summed E-state index contributed by atoms with van der Waals surface area (Å²) in [5, 5.41) is 15.1. The molecule has 0 aliphatic heterocycles. The summed E-state index contributed by atoms with van der Waals surface area (Å²) in [6.07, 6.45) is 0. The highest BCUT2D eigenvalue weighted by Crippen LogP contribution is 2.18. The molecule has 1 aromatic heterocycles. The Hall–Kier alpha value is -1.27. The summed E-state index contributed by atoms with van der Waals surface area (Å²) < 4.78 is 2.78. The van der Waals surface area contributed by atoms with E-state index >= 15 is 0 Å². The van der Waals surface area contributed by atoms with Crippen molar-refractivity contribution in [3.05, 3.63) is 34.1 Å². The summed E-state index contributed by atoms with van der Waals surface area (Å²) >= 11 is 3.49. The van der Waals surface area contributed by atoms with Crippen molar-refractivity contribution in [3.8, 4) is 5.69 Å². The minimum atomic E-state index is 0.402. The second-order valence-corrected chi connectivity index (χ2v) is 5.44. The van der Waals surface area contributed by atoms with E-state index < -0.39 is 0 Å². The summed E-state index contributed by atoms with van der Waals surface area (Å²) in [5.74, 6) is 0.807. The molecule has 0 bridgehead atoms. The summed E-state index contributed by atoms with van der Waals surface area (Å²) in [6.45, 7) is 6.88. The highest BCUT2D eigenvalue weighted by Gasteiger charge is 2.09. The van der Waals surface area contributed by atoms with E-state index in [4.69, 9.17) is 0 Å². The molecule has 0 unspecified atom stereocenters. The Balaban J connectivity index is 2.30. The lowest BCUT2D eigenvalue weighted by Crippen LogP contribution is -2.24. The van der Waals surface area contributed by atoms with Gasteiger partial charge in [-0.15, -0.1) is 5.10 Å². The van der Waals surface area contributed by atoms with Crippen molar-refractivity contribution in [2.24, 2.45) is 0 Å². The SMILES string of the molecule is Cc1cc(Br)cc(-n2nnnc2CNC(C)C)c1. The molecule has 1 heterocycles. The van der Waals surface area contributed by atoms with Crippen LogP contribution < -0.4 is 5.32 Å². The van der Waals surface area contributed by atoms with Gasteiger partial charge in [0.1, 0.15) is 0 Å². The van der Waals surface area contributed by atoms with Gasteiger partial charge >= 0.3 is 0 Å². The number of hydrogen-bond donors (Lipinski definition) is 1. The quantitative estimate of drug-likeness (QED) is 0.941. The lowest BCUT2D eigenvalue weighted by molar-refractivity contribution is 0.563. The van der Waals surface area contributed by atoms with Crippen LogP contribution in [0.2, 0.25) is 0 Å². The fraction of sp³-hybridized carbons (Fsp3) is 0.417. The van der Waals surface area contributed by atoms with E-state index in [2.05, 4.69) is 62.8 Å². The molecule has 0 aliphatic rings. The maximum absolute atomic E-state index is 4.05. The molecule has 1 aromatic carbocycles. The zero-order chi connectivity index (χ0) is 13.1. The smallest absolute Gasteiger partial charge is 0.170 e. The van der Waals surface area contributed by atoms with E-state index in [1.807, 2.05) is 13.0 Å².